The van der Waals surface area contributed by atoms with Crippen LogP contribution >= 0.6 is 0 Å². The number of anilines is 1. The van der Waals surface area contributed by atoms with E-state index in [9.17, 15) is 4.79 Å². The fourth-order valence-corrected chi connectivity index (χ4v) is 3.70. The average Bonchev–Trinajstić information content (AvgIpc) is 3.26. The quantitative estimate of drug-likeness (QED) is 0.466. The van der Waals surface area contributed by atoms with E-state index in [1.54, 1.807) is 7.05 Å². The molecule has 6 nitrogen and oxygen atoms in total. The molecule has 6 heteroatoms. The lowest BCUT2D eigenvalue weighted by molar-refractivity contribution is -0.135. The van der Waals surface area contributed by atoms with Crippen molar-refractivity contribution in [1.82, 2.24) is 15.5 Å². The molecule has 0 spiro atoms. The third-order valence-electron chi connectivity index (χ3n) is 5.44. The first-order valence-electron chi connectivity index (χ1n) is 10.3. The highest BCUT2D eigenvalue weighted by molar-refractivity contribution is 5.80. The van der Waals surface area contributed by atoms with Crippen LogP contribution in [0.3, 0.4) is 0 Å². The van der Waals surface area contributed by atoms with Crippen molar-refractivity contribution in [2.45, 2.75) is 39.3 Å². The van der Waals surface area contributed by atoms with Gasteiger partial charge in [-0.2, -0.15) is 0 Å². The molecule has 2 N–H and O–H groups in total. The highest BCUT2D eigenvalue weighted by Crippen LogP contribution is 2.17. The number of hydrogen-bond donors (Lipinski definition) is 2. The number of carbonyl (C=O) groups is 1. The van der Waals surface area contributed by atoms with E-state index >= 15 is 0 Å². The molecule has 1 fully saturated rings. The molecule has 152 valence electrons. The molecule has 2 heterocycles. The normalized spacial score (nSPS) is 18.1. The van der Waals surface area contributed by atoms with Crippen LogP contribution in [0.1, 0.15) is 32.3 Å². The third kappa shape index (κ3) is 5.27. The summed E-state index contributed by atoms with van der Waals surface area (Å²) in [6.07, 6.45) is 6.32. The van der Waals surface area contributed by atoms with Gasteiger partial charge < -0.3 is 20.4 Å². The van der Waals surface area contributed by atoms with Crippen LogP contribution in [-0.4, -0.2) is 56.0 Å². The van der Waals surface area contributed by atoms with Crippen LogP contribution in [-0.2, 0) is 11.3 Å². The first-order chi connectivity index (χ1) is 13.6. The Balaban J connectivity index is 1.43. The monoisotopic (exact) mass is 383 g/mol. The number of nitrogens with zero attached hydrogens (tertiary/aromatic N) is 3. The molecule has 0 radical (unpaired) electrons. The molecule has 2 aliphatic heterocycles. The molecular formula is C22H33N5O. The van der Waals surface area contributed by atoms with Crippen molar-refractivity contribution in [2.24, 2.45) is 10.9 Å². The van der Waals surface area contributed by atoms with Gasteiger partial charge in [0.05, 0.1) is 0 Å². The van der Waals surface area contributed by atoms with Gasteiger partial charge in [0.25, 0.3) is 0 Å². The van der Waals surface area contributed by atoms with Crippen LogP contribution < -0.4 is 15.5 Å². The van der Waals surface area contributed by atoms with Crippen molar-refractivity contribution in [3.05, 3.63) is 42.0 Å². The lowest BCUT2D eigenvalue weighted by atomic mass is 10.0. The molecule has 0 aromatic heterocycles. The maximum atomic E-state index is 12.1. The molecular weight excluding hydrogens is 350 g/mol. The Morgan fingerprint density at radius 2 is 1.79 bits per heavy atom. The predicted octanol–water partition coefficient (Wildman–Crippen LogP) is 2.37. The Kier molecular flexibility index (Phi) is 6.95. The minimum absolute atomic E-state index is 0.0760. The van der Waals surface area contributed by atoms with Crippen molar-refractivity contribution >= 4 is 17.6 Å². The second-order valence-electron chi connectivity index (χ2n) is 7.87. The number of guanidine groups is 1. The number of likely N-dealkylation sites (tertiary alicyclic amines) is 1. The Bertz CT molecular complexity index is 694. The summed E-state index contributed by atoms with van der Waals surface area (Å²) < 4.78 is 0. The summed E-state index contributed by atoms with van der Waals surface area (Å²) in [5, 5.41) is 6.91. The summed E-state index contributed by atoms with van der Waals surface area (Å²) in [6.45, 7) is 8.30. The summed E-state index contributed by atoms with van der Waals surface area (Å²) in [5.41, 5.74) is 2.50. The van der Waals surface area contributed by atoms with E-state index in [1.165, 1.54) is 11.3 Å². The molecule has 0 aliphatic carbocycles. The van der Waals surface area contributed by atoms with E-state index in [1.807, 2.05) is 18.7 Å². The Labute approximate surface area is 168 Å². The lowest BCUT2D eigenvalue weighted by Crippen LogP contribution is -2.50. The topological polar surface area (TPSA) is 60.0 Å². The maximum Gasteiger partial charge on any atom is 0.225 e. The number of benzene rings is 1. The summed E-state index contributed by atoms with van der Waals surface area (Å²) >= 11 is 0. The molecule has 2 aliphatic rings. The first kappa shape index (κ1) is 20.2. The maximum absolute atomic E-state index is 12.1. The average molecular weight is 384 g/mol. The molecule has 1 saturated heterocycles. The molecule has 0 saturated carbocycles. The fourth-order valence-electron chi connectivity index (χ4n) is 3.70. The lowest BCUT2D eigenvalue weighted by Gasteiger charge is -2.34. The molecule has 1 amide bonds. The summed E-state index contributed by atoms with van der Waals surface area (Å²) in [7, 11) is 1.80. The first-order valence-corrected chi connectivity index (χ1v) is 10.3. The number of amides is 1. The number of piperidine rings is 1. The smallest absolute Gasteiger partial charge is 0.225 e. The summed E-state index contributed by atoms with van der Waals surface area (Å²) in [6, 6.07) is 9.06. The van der Waals surface area contributed by atoms with Crippen LogP contribution in [0.15, 0.2) is 41.4 Å². The van der Waals surface area contributed by atoms with Gasteiger partial charge in [-0.1, -0.05) is 38.1 Å². The van der Waals surface area contributed by atoms with Gasteiger partial charge >= 0.3 is 0 Å². The fraction of sp³-hybridized carbons (Fsp3) is 0.545. The zero-order valence-corrected chi connectivity index (χ0v) is 17.3. The van der Waals surface area contributed by atoms with Gasteiger partial charge in [-0.05, 0) is 30.5 Å². The summed E-state index contributed by atoms with van der Waals surface area (Å²) in [4.78, 5) is 20.8. The SMILES string of the molecule is CN=C(NCc1ccc(N2CC=CC2)cc1)NC1CCN(C(=O)C(C)C)CC1. The van der Waals surface area contributed by atoms with Gasteiger partial charge in [0.2, 0.25) is 5.91 Å². The minimum atomic E-state index is 0.0760. The van der Waals surface area contributed by atoms with E-state index in [2.05, 4.69) is 56.9 Å². The number of nitrogens with one attached hydrogen (secondary N) is 2. The Hall–Kier alpha value is -2.50. The molecule has 3 rings (SSSR count). The number of aliphatic imine (C=N–C) groups is 1. The minimum Gasteiger partial charge on any atom is -0.364 e. The second kappa shape index (κ2) is 9.62. The van der Waals surface area contributed by atoms with E-state index in [0.29, 0.717) is 6.04 Å². The molecule has 1 aromatic rings. The predicted molar refractivity (Wildman–Crippen MR) is 116 cm³/mol. The molecule has 28 heavy (non-hydrogen) atoms. The standard InChI is InChI=1S/C22H33N5O/c1-17(2)21(28)27-14-10-19(11-15-27)25-22(23-3)24-16-18-6-8-20(9-7-18)26-12-4-5-13-26/h4-9,17,19H,10-16H2,1-3H3,(H2,23,24,25). The Morgan fingerprint density at radius 3 is 2.36 bits per heavy atom. The highest BCUT2D eigenvalue weighted by Gasteiger charge is 2.24. The van der Waals surface area contributed by atoms with E-state index in [0.717, 1.165) is 51.5 Å². The van der Waals surface area contributed by atoms with Gasteiger partial charge in [0.1, 0.15) is 0 Å². The van der Waals surface area contributed by atoms with Gasteiger partial charge in [0.15, 0.2) is 5.96 Å². The highest BCUT2D eigenvalue weighted by atomic mass is 16.2. The zero-order chi connectivity index (χ0) is 19.9. The van der Waals surface area contributed by atoms with Crippen LogP contribution in [0.2, 0.25) is 0 Å². The van der Waals surface area contributed by atoms with Gasteiger partial charge in [0, 0.05) is 57.4 Å². The van der Waals surface area contributed by atoms with Crippen LogP contribution in [0.5, 0.6) is 0 Å². The molecule has 0 unspecified atom stereocenters. The van der Waals surface area contributed by atoms with Crippen molar-refractivity contribution in [1.29, 1.82) is 0 Å². The zero-order valence-electron chi connectivity index (χ0n) is 17.3. The van der Waals surface area contributed by atoms with E-state index in [-0.39, 0.29) is 11.8 Å². The number of carbonyl (C=O) groups excluding carboxylic acids is 1. The molecule has 1 aromatic carbocycles. The van der Waals surface area contributed by atoms with Gasteiger partial charge in [-0.3, -0.25) is 9.79 Å². The van der Waals surface area contributed by atoms with Gasteiger partial charge in [-0.25, -0.2) is 0 Å². The largest absolute Gasteiger partial charge is 0.364 e. The van der Waals surface area contributed by atoms with Crippen LogP contribution in [0, 0.1) is 5.92 Å². The van der Waals surface area contributed by atoms with Crippen LogP contribution in [0.4, 0.5) is 5.69 Å². The van der Waals surface area contributed by atoms with Crippen molar-refractivity contribution < 1.29 is 4.79 Å². The van der Waals surface area contributed by atoms with Crippen molar-refractivity contribution in [2.75, 3.05) is 38.1 Å². The van der Waals surface area contributed by atoms with Crippen molar-refractivity contribution in [3.63, 3.8) is 0 Å². The van der Waals surface area contributed by atoms with Crippen LogP contribution in [0.25, 0.3) is 0 Å². The molecule has 0 bridgehead atoms. The number of hydrogen-bond acceptors (Lipinski definition) is 3. The van der Waals surface area contributed by atoms with E-state index in [4.69, 9.17) is 0 Å². The summed E-state index contributed by atoms with van der Waals surface area (Å²) in [5.74, 6) is 1.16. The van der Waals surface area contributed by atoms with Gasteiger partial charge in [-0.15, -0.1) is 0 Å². The van der Waals surface area contributed by atoms with Crippen molar-refractivity contribution in [3.8, 4) is 0 Å². The molecule has 0 atom stereocenters. The van der Waals surface area contributed by atoms with E-state index < -0.39 is 0 Å². The third-order valence-corrected chi connectivity index (χ3v) is 5.44. The second-order valence-corrected chi connectivity index (χ2v) is 7.87. The Morgan fingerprint density at radius 1 is 1.14 bits per heavy atom. The number of rotatable bonds is 5.